The molecule has 0 unspecified atom stereocenters. The van der Waals surface area contributed by atoms with Crippen LogP contribution < -0.4 is 5.73 Å². The van der Waals surface area contributed by atoms with Gasteiger partial charge in [-0.3, -0.25) is 0 Å². The zero-order valence-electron chi connectivity index (χ0n) is 8.22. The smallest absolute Gasteiger partial charge is 0.0453 e. The van der Waals surface area contributed by atoms with Gasteiger partial charge in [0.05, 0.1) is 0 Å². The quantitative estimate of drug-likeness (QED) is 0.507. The minimum absolute atomic E-state index is 0.835. The second kappa shape index (κ2) is 5.47. The first-order valence-corrected chi connectivity index (χ1v) is 6.25. The molecule has 0 aromatic heterocycles. The maximum absolute atomic E-state index is 5.85. The predicted molar refractivity (Wildman–Crippen MR) is 68.7 cm³/mol. The fourth-order valence-corrected chi connectivity index (χ4v) is 2.44. The molecule has 76 valence electrons. The summed E-state index contributed by atoms with van der Waals surface area (Å²) in [5.41, 5.74) is 7.93. The first-order chi connectivity index (χ1) is 6.63. The Morgan fingerprint density at radius 3 is 2.93 bits per heavy atom. The van der Waals surface area contributed by atoms with E-state index in [1.165, 1.54) is 5.57 Å². The lowest BCUT2D eigenvalue weighted by Gasteiger charge is -2.06. The van der Waals surface area contributed by atoms with Crippen molar-refractivity contribution in [1.82, 2.24) is 0 Å². The number of nitrogens with two attached hydrogens (primary N) is 1. The van der Waals surface area contributed by atoms with Gasteiger partial charge in [-0.05, 0) is 24.6 Å². The molecule has 0 radical (unpaired) electrons. The van der Waals surface area contributed by atoms with Crippen LogP contribution in [0.3, 0.4) is 0 Å². The molecule has 0 aliphatic rings. The van der Waals surface area contributed by atoms with Crippen LogP contribution in [0.5, 0.6) is 0 Å². The monoisotopic (exact) mass is 271 g/mol. The Labute approximate surface area is 97.9 Å². The molecule has 1 aromatic rings. The lowest BCUT2D eigenvalue weighted by atomic mass is 10.3. The molecule has 1 aromatic carbocycles. The molecule has 0 atom stereocenters. The second-order valence-electron chi connectivity index (χ2n) is 3.07. The lowest BCUT2D eigenvalue weighted by Crippen LogP contribution is -1.90. The number of halogens is 1. The zero-order valence-corrected chi connectivity index (χ0v) is 10.6. The van der Waals surface area contributed by atoms with Gasteiger partial charge >= 0.3 is 0 Å². The summed E-state index contributed by atoms with van der Waals surface area (Å²) in [6, 6.07) is 5.91. The summed E-state index contributed by atoms with van der Waals surface area (Å²) in [5.74, 6) is 0.942. The van der Waals surface area contributed by atoms with Crippen LogP contribution in [-0.2, 0) is 0 Å². The normalized spacial score (nSPS) is 10.1. The summed E-state index contributed by atoms with van der Waals surface area (Å²) in [5, 5.41) is 0. The standard InChI is InChI=1S/C11H14BrNS/c1-3-8(2)7-14-11-6-9(12)4-5-10(11)13/h4-6H,2-3,7,13H2,1H3. The number of benzene rings is 1. The Hall–Kier alpha value is -0.410. The molecule has 0 spiro atoms. The summed E-state index contributed by atoms with van der Waals surface area (Å²) < 4.78 is 1.07. The summed E-state index contributed by atoms with van der Waals surface area (Å²) in [7, 11) is 0. The summed E-state index contributed by atoms with van der Waals surface area (Å²) in [6.07, 6.45) is 1.03. The van der Waals surface area contributed by atoms with Crippen LogP contribution >= 0.6 is 27.7 Å². The SMILES string of the molecule is C=C(CC)CSc1cc(Br)ccc1N. The van der Waals surface area contributed by atoms with Crippen LogP contribution in [0, 0.1) is 0 Å². The fourth-order valence-electron chi connectivity index (χ4n) is 0.915. The van der Waals surface area contributed by atoms with E-state index in [2.05, 4.69) is 29.4 Å². The number of anilines is 1. The van der Waals surface area contributed by atoms with Gasteiger partial charge in [0, 0.05) is 20.8 Å². The minimum atomic E-state index is 0.835. The molecule has 1 rings (SSSR count). The van der Waals surface area contributed by atoms with Crippen molar-refractivity contribution < 1.29 is 0 Å². The Balaban J connectivity index is 2.66. The van der Waals surface area contributed by atoms with E-state index in [-0.39, 0.29) is 0 Å². The van der Waals surface area contributed by atoms with E-state index in [4.69, 9.17) is 5.73 Å². The van der Waals surface area contributed by atoms with E-state index in [0.29, 0.717) is 0 Å². The third-order valence-corrected chi connectivity index (χ3v) is 3.62. The predicted octanol–water partition coefficient (Wildman–Crippen LogP) is 4.09. The van der Waals surface area contributed by atoms with Crippen LogP contribution in [0.1, 0.15) is 13.3 Å². The molecule has 0 aliphatic heterocycles. The van der Waals surface area contributed by atoms with Crippen molar-refractivity contribution in [3.05, 3.63) is 34.8 Å². The van der Waals surface area contributed by atoms with E-state index in [1.54, 1.807) is 11.8 Å². The third-order valence-electron chi connectivity index (χ3n) is 1.91. The average molecular weight is 272 g/mol. The highest BCUT2D eigenvalue weighted by Gasteiger charge is 2.01. The van der Waals surface area contributed by atoms with Crippen LogP contribution in [0.25, 0.3) is 0 Å². The van der Waals surface area contributed by atoms with E-state index in [0.717, 1.165) is 27.2 Å². The van der Waals surface area contributed by atoms with Gasteiger partial charge in [-0.15, -0.1) is 11.8 Å². The topological polar surface area (TPSA) is 26.0 Å². The number of hydrogen-bond acceptors (Lipinski definition) is 2. The lowest BCUT2D eigenvalue weighted by molar-refractivity contribution is 1.12. The highest BCUT2D eigenvalue weighted by molar-refractivity contribution is 9.10. The molecule has 0 saturated heterocycles. The minimum Gasteiger partial charge on any atom is -0.398 e. The van der Waals surface area contributed by atoms with Gasteiger partial charge in [-0.25, -0.2) is 0 Å². The number of nitrogen functional groups attached to an aromatic ring is 1. The first-order valence-electron chi connectivity index (χ1n) is 4.48. The molecule has 0 aliphatic carbocycles. The molecular formula is C11H14BrNS. The van der Waals surface area contributed by atoms with Crippen molar-refractivity contribution in [3.63, 3.8) is 0 Å². The number of rotatable bonds is 4. The molecule has 3 heteroatoms. The van der Waals surface area contributed by atoms with Crippen molar-refractivity contribution in [2.45, 2.75) is 18.2 Å². The Bertz CT molecular complexity index is 336. The maximum Gasteiger partial charge on any atom is 0.0453 e. The number of thioether (sulfide) groups is 1. The molecule has 0 saturated carbocycles. The van der Waals surface area contributed by atoms with E-state index in [9.17, 15) is 0 Å². The Morgan fingerprint density at radius 1 is 1.57 bits per heavy atom. The average Bonchev–Trinajstić information content (AvgIpc) is 2.19. The van der Waals surface area contributed by atoms with Crippen molar-refractivity contribution >= 4 is 33.4 Å². The van der Waals surface area contributed by atoms with Gasteiger partial charge in [-0.2, -0.15) is 0 Å². The number of hydrogen-bond donors (Lipinski definition) is 1. The highest BCUT2D eigenvalue weighted by Crippen LogP contribution is 2.29. The molecule has 14 heavy (non-hydrogen) atoms. The third kappa shape index (κ3) is 3.39. The van der Waals surface area contributed by atoms with Gasteiger partial charge in [0.1, 0.15) is 0 Å². The van der Waals surface area contributed by atoms with Gasteiger partial charge in [0.25, 0.3) is 0 Å². The highest BCUT2D eigenvalue weighted by atomic mass is 79.9. The molecule has 0 heterocycles. The van der Waals surface area contributed by atoms with Gasteiger partial charge in [0.15, 0.2) is 0 Å². The summed E-state index contributed by atoms with van der Waals surface area (Å²) >= 11 is 5.17. The Morgan fingerprint density at radius 2 is 2.29 bits per heavy atom. The zero-order chi connectivity index (χ0) is 10.6. The second-order valence-corrected chi connectivity index (χ2v) is 5.01. The molecule has 1 nitrogen and oxygen atoms in total. The molecule has 0 amide bonds. The molecular weight excluding hydrogens is 258 g/mol. The van der Waals surface area contributed by atoms with E-state index >= 15 is 0 Å². The van der Waals surface area contributed by atoms with Crippen molar-refractivity contribution in [2.75, 3.05) is 11.5 Å². The summed E-state index contributed by atoms with van der Waals surface area (Å²) in [4.78, 5) is 1.12. The molecule has 2 N–H and O–H groups in total. The van der Waals surface area contributed by atoms with Gasteiger partial charge in [-0.1, -0.05) is 35.0 Å². The van der Waals surface area contributed by atoms with Gasteiger partial charge < -0.3 is 5.73 Å². The summed E-state index contributed by atoms with van der Waals surface area (Å²) in [6.45, 7) is 6.09. The van der Waals surface area contributed by atoms with Gasteiger partial charge in [0.2, 0.25) is 0 Å². The van der Waals surface area contributed by atoms with Crippen LogP contribution in [0.4, 0.5) is 5.69 Å². The largest absolute Gasteiger partial charge is 0.398 e. The van der Waals surface area contributed by atoms with E-state index in [1.807, 2.05) is 18.2 Å². The van der Waals surface area contributed by atoms with Crippen molar-refractivity contribution in [1.29, 1.82) is 0 Å². The van der Waals surface area contributed by atoms with E-state index < -0.39 is 0 Å². The molecule has 0 bridgehead atoms. The fraction of sp³-hybridized carbons (Fsp3) is 0.273. The Kier molecular flexibility index (Phi) is 4.55. The van der Waals surface area contributed by atoms with Crippen LogP contribution in [-0.4, -0.2) is 5.75 Å². The maximum atomic E-state index is 5.85. The van der Waals surface area contributed by atoms with Crippen molar-refractivity contribution in [2.24, 2.45) is 0 Å². The first kappa shape index (κ1) is 11.7. The van der Waals surface area contributed by atoms with Crippen molar-refractivity contribution in [3.8, 4) is 0 Å². The van der Waals surface area contributed by atoms with Crippen LogP contribution in [0.2, 0.25) is 0 Å². The van der Waals surface area contributed by atoms with Crippen LogP contribution in [0.15, 0.2) is 39.7 Å². The molecule has 0 fully saturated rings.